The van der Waals surface area contributed by atoms with Gasteiger partial charge in [0.1, 0.15) is 5.75 Å². The minimum Gasteiger partial charge on any atom is -0.420 e. The average Bonchev–Trinajstić information content (AvgIpc) is 3.02. The quantitative estimate of drug-likeness (QED) is 0.0275. The van der Waals surface area contributed by atoms with Gasteiger partial charge in [0.15, 0.2) is 11.1 Å². The van der Waals surface area contributed by atoms with Crippen LogP contribution in [0.1, 0.15) is 49.4 Å². The molecule has 0 aliphatic carbocycles. The molecule has 4 aromatic carbocycles. The van der Waals surface area contributed by atoms with Crippen molar-refractivity contribution in [3.63, 3.8) is 0 Å². The van der Waals surface area contributed by atoms with E-state index in [0.29, 0.717) is 22.1 Å². The molecule has 0 N–H and O–H groups in total. The van der Waals surface area contributed by atoms with Crippen LogP contribution in [0, 0.1) is 0 Å². The third kappa shape index (κ3) is 7.51. The lowest BCUT2D eigenvalue weighted by molar-refractivity contribution is -0.127. The lowest BCUT2D eigenvalue weighted by Crippen LogP contribution is -2.22. The molecular formula is C34H28ClNO5S2. The number of nitrogens with zero attached hydrogens (tertiary/aromatic N) is 1. The van der Waals surface area contributed by atoms with E-state index >= 15 is 0 Å². The molecule has 0 aliphatic heterocycles. The summed E-state index contributed by atoms with van der Waals surface area (Å²) in [6.07, 6.45) is 3.83. The van der Waals surface area contributed by atoms with Gasteiger partial charge in [-0.25, -0.2) is 9.59 Å². The Kier molecular flexibility index (Phi) is 10.3. The number of esters is 1. The molecule has 0 bridgehead atoms. The van der Waals surface area contributed by atoms with Crippen molar-refractivity contribution in [3.05, 3.63) is 112 Å². The third-order valence-corrected chi connectivity index (χ3v) is 9.13. The van der Waals surface area contributed by atoms with Crippen LogP contribution in [-0.2, 0) is 9.63 Å². The van der Waals surface area contributed by atoms with Crippen molar-refractivity contribution in [1.29, 1.82) is 0 Å². The lowest BCUT2D eigenvalue weighted by Gasteiger charge is -2.11. The van der Waals surface area contributed by atoms with Gasteiger partial charge in [0.25, 0.3) is 0 Å². The molecule has 0 spiro atoms. The second-order valence-electron chi connectivity index (χ2n) is 9.74. The minimum absolute atomic E-state index is 0.0181. The van der Waals surface area contributed by atoms with Gasteiger partial charge in [0.05, 0.1) is 20.7 Å². The molecule has 0 amide bonds. The van der Waals surface area contributed by atoms with E-state index in [2.05, 4.69) is 12.1 Å². The van der Waals surface area contributed by atoms with Crippen LogP contribution in [0.15, 0.2) is 111 Å². The predicted octanol–water partition coefficient (Wildman–Crippen LogP) is 9.31. The summed E-state index contributed by atoms with van der Waals surface area (Å²) >= 11 is 9.25. The number of hydrogen-bond acceptors (Lipinski definition) is 8. The van der Waals surface area contributed by atoms with Gasteiger partial charge in [-0.1, -0.05) is 91.1 Å². The van der Waals surface area contributed by atoms with Crippen molar-refractivity contribution in [3.8, 4) is 5.75 Å². The third-order valence-electron chi connectivity index (χ3n) is 6.63. The number of carbonyl (C=O) groups excluding carboxylic acids is 2. The van der Waals surface area contributed by atoms with E-state index in [1.165, 1.54) is 29.2 Å². The standard InChI is InChI=1S/C34H28ClNO5S2/c1-2-3-4-8-17-27(36-41-33(38)22-12-11-15-24(21-22)42-23-13-6-5-7-14-23)34(39)40-28-20-19-26(35)30-31(37)25-16-9-10-18-29(25)43-32(28)30/h5-7,9-16,18-21H,2-4,8,17H2,1H3/b36-27+. The zero-order valence-corrected chi connectivity index (χ0v) is 25.8. The molecule has 1 aromatic heterocycles. The molecule has 0 radical (unpaired) electrons. The van der Waals surface area contributed by atoms with Crippen molar-refractivity contribution in [1.82, 2.24) is 0 Å². The smallest absolute Gasteiger partial charge is 0.365 e. The first kappa shape index (κ1) is 30.5. The van der Waals surface area contributed by atoms with E-state index < -0.39 is 11.9 Å². The molecule has 9 heteroatoms. The highest BCUT2D eigenvalue weighted by atomic mass is 35.5. The van der Waals surface area contributed by atoms with E-state index in [-0.39, 0.29) is 33.7 Å². The fourth-order valence-corrected chi connectivity index (χ4v) is 6.79. The Hall–Kier alpha value is -3.98. The number of ether oxygens (including phenoxy) is 1. The number of fused-ring (bicyclic) bond motifs is 2. The number of rotatable bonds is 11. The molecule has 0 saturated carbocycles. The summed E-state index contributed by atoms with van der Waals surface area (Å²) < 4.78 is 6.98. The minimum atomic E-state index is -0.755. The molecule has 6 nitrogen and oxygen atoms in total. The van der Waals surface area contributed by atoms with Crippen LogP contribution in [0.25, 0.3) is 20.2 Å². The van der Waals surface area contributed by atoms with Gasteiger partial charge in [-0.05, 0) is 61.0 Å². The summed E-state index contributed by atoms with van der Waals surface area (Å²) in [4.78, 5) is 46.7. The summed E-state index contributed by atoms with van der Waals surface area (Å²) in [6, 6.07) is 27.2. The second kappa shape index (κ2) is 14.5. The SMILES string of the molecule is CCCCCC/C(=N\OC(=O)c1cccc(Sc2ccccc2)c1)C(=O)Oc1ccc(Cl)c2c(=O)c3ccccc3sc12. The van der Waals surface area contributed by atoms with E-state index in [0.717, 1.165) is 33.8 Å². The van der Waals surface area contributed by atoms with E-state index in [1.807, 2.05) is 48.5 Å². The maximum absolute atomic E-state index is 13.4. The fourth-order valence-electron chi connectivity index (χ4n) is 4.44. The number of hydrogen-bond donors (Lipinski definition) is 0. The van der Waals surface area contributed by atoms with Gasteiger partial charge in [-0.2, -0.15) is 0 Å². The van der Waals surface area contributed by atoms with E-state index in [1.54, 1.807) is 36.4 Å². The average molecular weight is 630 g/mol. The zero-order chi connectivity index (χ0) is 30.2. The van der Waals surface area contributed by atoms with E-state index in [4.69, 9.17) is 21.2 Å². The van der Waals surface area contributed by atoms with Gasteiger partial charge in [0.2, 0.25) is 0 Å². The maximum atomic E-state index is 13.4. The van der Waals surface area contributed by atoms with Gasteiger partial charge >= 0.3 is 11.9 Å². The molecule has 0 aliphatic rings. The Labute approximate surface area is 262 Å². The molecule has 0 unspecified atom stereocenters. The topological polar surface area (TPSA) is 82.0 Å². The van der Waals surface area contributed by atoms with Crippen LogP contribution < -0.4 is 10.2 Å². The first-order valence-electron chi connectivity index (χ1n) is 13.9. The predicted molar refractivity (Wildman–Crippen MR) is 175 cm³/mol. The van der Waals surface area contributed by atoms with Crippen molar-refractivity contribution in [2.75, 3.05) is 0 Å². The second-order valence-corrected chi connectivity index (χ2v) is 12.3. The fraction of sp³-hybridized carbons (Fsp3) is 0.176. The Morgan fingerprint density at radius 1 is 0.884 bits per heavy atom. The molecule has 43 heavy (non-hydrogen) atoms. The normalized spacial score (nSPS) is 11.5. The van der Waals surface area contributed by atoms with Gasteiger partial charge < -0.3 is 9.57 Å². The van der Waals surface area contributed by atoms with Crippen LogP contribution in [0.5, 0.6) is 5.75 Å². The maximum Gasteiger partial charge on any atom is 0.365 e. The highest BCUT2D eigenvalue weighted by Crippen LogP contribution is 2.36. The molecule has 0 fully saturated rings. The highest BCUT2D eigenvalue weighted by molar-refractivity contribution is 7.99. The Balaban J connectivity index is 1.39. The molecular weight excluding hydrogens is 602 g/mol. The van der Waals surface area contributed by atoms with Crippen molar-refractivity contribution in [2.24, 2.45) is 5.16 Å². The Morgan fingerprint density at radius 2 is 1.65 bits per heavy atom. The van der Waals surface area contributed by atoms with Crippen LogP contribution in [-0.4, -0.2) is 17.7 Å². The molecule has 1 heterocycles. The molecule has 5 rings (SSSR count). The molecule has 218 valence electrons. The summed E-state index contributed by atoms with van der Waals surface area (Å²) in [5.41, 5.74) is 0.0570. The van der Waals surface area contributed by atoms with Crippen LogP contribution in [0.4, 0.5) is 0 Å². The number of unbranched alkanes of at least 4 members (excludes halogenated alkanes) is 3. The van der Waals surface area contributed by atoms with Crippen molar-refractivity contribution in [2.45, 2.75) is 48.8 Å². The first-order chi connectivity index (χ1) is 20.9. The number of benzene rings is 4. The van der Waals surface area contributed by atoms with Gasteiger partial charge in [-0.15, -0.1) is 11.3 Å². The monoisotopic (exact) mass is 629 g/mol. The number of halogens is 1. The molecule has 0 saturated heterocycles. The van der Waals surface area contributed by atoms with Gasteiger partial charge in [-0.3, -0.25) is 4.79 Å². The van der Waals surface area contributed by atoms with Crippen LogP contribution in [0.3, 0.4) is 0 Å². The van der Waals surface area contributed by atoms with Crippen LogP contribution in [0.2, 0.25) is 5.02 Å². The summed E-state index contributed by atoms with van der Waals surface area (Å²) in [5.74, 6) is -1.25. The van der Waals surface area contributed by atoms with Crippen molar-refractivity contribution < 1.29 is 19.2 Å². The largest absolute Gasteiger partial charge is 0.420 e. The summed E-state index contributed by atoms with van der Waals surface area (Å²) in [5, 5.41) is 5.08. The number of oxime groups is 1. The highest BCUT2D eigenvalue weighted by Gasteiger charge is 2.21. The first-order valence-corrected chi connectivity index (χ1v) is 15.9. The lowest BCUT2D eigenvalue weighted by atomic mass is 10.1. The van der Waals surface area contributed by atoms with E-state index in [9.17, 15) is 14.4 Å². The zero-order valence-electron chi connectivity index (χ0n) is 23.4. The number of carbonyl (C=O) groups is 2. The molecule has 0 atom stereocenters. The summed E-state index contributed by atoms with van der Waals surface area (Å²) in [6.45, 7) is 2.09. The Bertz CT molecular complexity index is 1870. The summed E-state index contributed by atoms with van der Waals surface area (Å²) in [7, 11) is 0. The van der Waals surface area contributed by atoms with Crippen molar-refractivity contribution >= 4 is 72.5 Å². The Morgan fingerprint density at radius 3 is 2.47 bits per heavy atom. The van der Waals surface area contributed by atoms with Crippen LogP contribution >= 0.6 is 34.7 Å². The molecule has 5 aromatic rings. The van der Waals surface area contributed by atoms with Gasteiger partial charge in [0, 0.05) is 26.3 Å².